The van der Waals surface area contributed by atoms with Crippen molar-refractivity contribution in [3.8, 4) is 11.5 Å². The third kappa shape index (κ3) is 6.00. The van der Waals surface area contributed by atoms with Crippen LogP contribution in [0.1, 0.15) is 6.92 Å². The third-order valence-electron chi connectivity index (χ3n) is 3.88. The molecular formula is C20H22ClN3O4S. The predicted octanol–water partition coefficient (Wildman–Crippen LogP) is 0.456. The maximum Gasteiger partial charge on any atom is 0.277 e. The van der Waals surface area contributed by atoms with Crippen molar-refractivity contribution in [3.63, 3.8) is 0 Å². The first-order chi connectivity index (χ1) is 13.5. The summed E-state index contributed by atoms with van der Waals surface area (Å²) in [4.78, 5) is 3.19. The Hall–Kier alpha value is -2.97. The van der Waals surface area contributed by atoms with Crippen LogP contribution in [0, 0.1) is 0 Å². The summed E-state index contributed by atoms with van der Waals surface area (Å²) in [5, 5.41) is 3.21. The van der Waals surface area contributed by atoms with Gasteiger partial charge in [0.05, 0.1) is 24.3 Å². The van der Waals surface area contributed by atoms with Gasteiger partial charge in [-0.3, -0.25) is 4.72 Å². The number of sulfonamides is 1. The number of benzene rings is 2. The van der Waals surface area contributed by atoms with Crippen molar-refractivity contribution in [1.29, 1.82) is 0 Å². The Morgan fingerprint density at radius 2 is 1.52 bits per heavy atom. The monoisotopic (exact) mass is 435 g/mol. The summed E-state index contributed by atoms with van der Waals surface area (Å²) in [7, 11) is -2.15. The number of aromatic amines is 1. The molecule has 0 aliphatic rings. The van der Waals surface area contributed by atoms with E-state index in [1.807, 2.05) is 31.2 Å². The van der Waals surface area contributed by atoms with Crippen molar-refractivity contribution in [2.24, 2.45) is 0 Å². The lowest BCUT2D eigenvalue weighted by Crippen LogP contribution is -3.00. The highest BCUT2D eigenvalue weighted by Crippen LogP contribution is 2.20. The van der Waals surface area contributed by atoms with Crippen molar-refractivity contribution in [2.75, 3.05) is 23.8 Å². The van der Waals surface area contributed by atoms with E-state index < -0.39 is 10.0 Å². The maximum atomic E-state index is 12.5. The lowest BCUT2D eigenvalue weighted by molar-refractivity contribution is -0.359. The van der Waals surface area contributed by atoms with Crippen LogP contribution in [0.15, 0.2) is 71.8 Å². The second-order valence-corrected chi connectivity index (χ2v) is 7.54. The molecule has 154 valence electrons. The molecule has 0 fully saturated rings. The fourth-order valence-corrected chi connectivity index (χ4v) is 3.54. The molecule has 29 heavy (non-hydrogen) atoms. The Bertz CT molecular complexity index is 1010. The van der Waals surface area contributed by atoms with E-state index in [0.717, 1.165) is 17.3 Å². The van der Waals surface area contributed by atoms with Gasteiger partial charge >= 0.3 is 0 Å². The summed E-state index contributed by atoms with van der Waals surface area (Å²) >= 11 is 0. The summed E-state index contributed by atoms with van der Waals surface area (Å²) in [5.74, 6) is 2.12. The second kappa shape index (κ2) is 9.99. The minimum Gasteiger partial charge on any atom is -1.00 e. The van der Waals surface area contributed by atoms with Gasteiger partial charge in [0.15, 0.2) is 0 Å². The fraction of sp³-hybridized carbons (Fsp3) is 0.150. The van der Waals surface area contributed by atoms with E-state index in [1.54, 1.807) is 30.5 Å². The molecule has 2 aromatic carbocycles. The number of H-pyrrole nitrogens is 1. The van der Waals surface area contributed by atoms with Crippen LogP contribution < -0.4 is 36.9 Å². The molecule has 0 amide bonds. The Balaban J connectivity index is 0.00000300. The molecule has 0 aliphatic carbocycles. The van der Waals surface area contributed by atoms with Gasteiger partial charge in [0.1, 0.15) is 23.4 Å². The van der Waals surface area contributed by atoms with Crippen LogP contribution in [0.25, 0.3) is 0 Å². The lowest BCUT2D eigenvalue weighted by atomic mass is 10.3. The van der Waals surface area contributed by atoms with Crippen molar-refractivity contribution >= 4 is 27.2 Å². The van der Waals surface area contributed by atoms with E-state index in [2.05, 4.69) is 15.0 Å². The van der Waals surface area contributed by atoms with Crippen LogP contribution >= 0.6 is 0 Å². The number of pyridine rings is 1. The Labute approximate surface area is 176 Å². The highest BCUT2D eigenvalue weighted by molar-refractivity contribution is 7.92. The molecule has 0 radical (unpaired) electrons. The molecule has 9 heteroatoms. The number of hydrogen-bond acceptors (Lipinski definition) is 5. The molecule has 3 N–H and O–H groups in total. The van der Waals surface area contributed by atoms with E-state index in [1.165, 1.54) is 19.2 Å². The van der Waals surface area contributed by atoms with E-state index >= 15 is 0 Å². The number of ether oxygens (including phenoxy) is 2. The van der Waals surface area contributed by atoms with E-state index in [-0.39, 0.29) is 17.3 Å². The SMILES string of the molecule is CCOc1ccc(Nc2ccc(NS(=O)(=O)c3ccc(OC)cc3)c[nH+]2)cc1.[Cl-]. The molecule has 0 aliphatic heterocycles. The zero-order chi connectivity index (χ0) is 20.0. The highest BCUT2D eigenvalue weighted by atomic mass is 35.5. The van der Waals surface area contributed by atoms with Gasteiger partial charge in [-0.25, -0.2) is 18.7 Å². The van der Waals surface area contributed by atoms with Crippen molar-refractivity contribution in [1.82, 2.24) is 0 Å². The van der Waals surface area contributed by atoms with Crippen molar-refractivity contribution in [3.05, 3.63) is 66.9 Å². The molecule has 0 bridgehead atoms. The fourth-order valence-electron chi connectivity index (χ4n) is 2.49. The van der Waals surface area contributed by atoms with E-state index in [4.69, 9.17) is 9.47 Å². The molecule has 0 saturated heterocycles. The number of nitrogens with one attached hydrogen (secondary N) is 3. The number of hydrogen-bond donors (Lipinski definition) is 2. The van der Waals surface area contributed by atoms with Gasteiger partial charge in [0.2, 0.25) is 0 Å². The summed E-state index contributed by atoms with van der Waals surface area (Å²) in [6.45, 7) is 2.56. The predicted molar refractivity (Wildman–Crippen MR) is 108 cm³/mol. The average Bonchev–Trinajstić information content (AvgIpc) is 2.71. The number of anilines is 3. The van der Waals surface area contributed by atoms with E-state index in [9.17, 15) is 8.42 Å². The van der Waals surface area contributed by atoms with Gasteiger partial charge in [0.25, 0.3) is 15.8 Å². The Kier molecular flexibility index (Phi) is 7.69. The zero-order valence-electron chi connectivity index (χ0n) is 16.0. The summed E-state index contributed by atoms with van der Waals surface area (Å²) in [6.07, 6.45) is 1.58. The highest BCUT2D eigenvalue weighted by Gasteiger charge is 2.15. The van der Waals surface area contributed by atoms with Gasteiger partial charge in [-0.1, -0.05) is 0 Å². The Morgan fingerprint density at radius 1 is 0.897 bits per heavy atom. The van der Waals surface area contributed by atoms with Crippen LogP contribution in [0.3, 0.4) is 0 Å². The average molecular weight is 436 g/mol. The van der Waals surface area contributed by atoms with Crippen molar-refractivity contribution in [2.45, 2.75) is 11.8 Å². The normalized spacial score (nSPS) is 10.6. The van der Waals surface area contributed by atoms with Gasteiger partial charge in [-0.05, 0) is 61.5 Å². The summed E-state index contributed by atoms with van der Waals surface area (Å²) in [6, 6.07) is 17.2. The first kappa shape index (κ1) is 22.3. The van der Waals surface area contributed by atoms with Crippen LogP contribution in [-0.4, -0.2) is 22.1 Å². The van der Waals surface area contributed by atoms with Crippen LogP contribution in [0.5, 0.6) is 11.5 Å². The van der Waals surface area contributed by atoms with E-state index in [0.29, 0.717) is 18.0 Å². The topological polar surface area (TPSA) is 90.8 Å². The van der Waals surface area contributed by atoms with Crippen LogP contribution in [-0.2, 0) is 10.0 Å². The number of methoxy groups -OCH3 is 1. The molecule has 0 unspecified atom stereocenters. The third-order valence-corrected chi connectivity index (χ3v) is 5.28. The molecule has 0 saturated carbocycles. The van der Waals surface area contributed by atoms with Gasteiger partial charge in [-0.2, -0.15) is 0 Å². The van der Waals surface area contributed by atoms with Gasteiger partial charge in [-0.15, -0.1) is 0 Å². The molecular weight excluding hydrogens is 414 g/mol. The molecule has 1 heterocycles. The smallest absolute Gasteiger partial charge is 0.277 e. The molecule has 7 nitrogen and oxygen atoms in total. The molecule has 0 spiro atoms. The first-order valence-corrected chi connectivity index (χ1v) is 10.2. The zero-order valence-corrected chi connectivity index (χ0v) is 17.5. The standard InChI is InChI=1S/C20H21N3O4S.ClH/c1-3-27-18-7-4-15(5-8-18)22-20-13-6-16(14-21-20)23-28(24,25)19-11-9-17(26-2)10-12-19;/h4-14,23H,3H2,1-2H3,(H,21,22);1H. The molecule has 3 rings (SSSR count). The summed E-state index contributed by atoms with van der Waals surface area (Å²) < 4.78 is 37.9. The summed E-state index contributed by atoms with van der Waals surface area (Å²) in [5.41, 5.74) is 1.30. The maximum absolute atomic E-state index is 12.5. The van der Waals surface area contributed by atoms with Crippen LogP contribution in [0.4, 0.5) is 17.2 Å². The van der Waals surface area contributed by atoms with Crippen LogP contribution in [0.2, 0.25) is 0 Å². The molecule has 0 atom stereocenters. The lowest BCUT2D eigenvalue weighted by Gasteiger charge is -2.08. The van der Waals surface area contributed by atoms with Gasteiger partial charge in [0, 0.05) is 6.07 Å². The molecule has 3 aromatic rings. The number of aromatic nitrogens is 1. The molecule has 1 aromatic heterocycles. The van der Waals surface area contributed by atoms with Crippen molar-refractivity contribution < 1.29 is 35.3 Å². The second-order valence-electron chi connectivity index (χ2n) is 5.85. The minimum absolute atomic E-state index is 0. The Morgan fingerprint density at radius 3 is 2.07 bits per heavy atom. The quantitative estimate of drug-likeness (QED) is 0.536. The number of halogens is 1. The van der Waals surface area contributed by atoms with Gasteiger partial charge < -0.3 is 21.9 Å². The minimum atomic E-state index is -3.68. The number of rotatable bonds is 8. The largest absolute Gasteiger partial charge is 1.00 e. The first-order valence-electron chi connectivity index (χ1n) is 8.68.